The van der Waals surface area contributed by atoms with Gasteiger partial charge in [0.25, 0.3) is 11.6 Å². The van der Waals surface area contributed by atoms with Crippen molar-refractivity contribution in [1.82, 2.24) is 4.90 Å². The summed E-state index contributed by atoms with van der Waals surface area (Å²) >= 11 is 0. The van der Waals surface area contributed by atoms with Crippen LogP contribution in [0, 0.1) is 17.0 Å². The fraction of sp³-hybridized carbons (Fsp3) is 0.263. The lowest BCUT2D eigenvalue weighted by Crippen LogP contribution is -2.38. The number of para-hydroxylation sites is 1. The molecule has 0 aliphatic rings. The zero-order valence-electron chi connectivity index (χ0n) is 15.3. The molecule has 0 aliphatic heterocycles. The van der Waals surface area contributed by atoms with E-state index in [0.29, 0.717) is 18.7 Å². The molecule has 0 aliphatic carbocycles. The van der Waals surface area contributed by atoms with Crippen molar-refractivity contribution in [3.05, 3.63) is 63.7 Å². The zero-order valence-corrected chi connectivity index (χ0v) is 15.3. The molecule has 2 amide bonds. The van der Waals surface area contributed by atoms with Gasteiger partial charge in [0.15, 0.2) is 0 Å². The molecule has 8 heteroatoms. The fourth-order valence-electron chi connectivity index (χ4n) is 2.62. The highest BCUT2D eigenvalue weighted by molar-refractivity contribution is 6.00. The average molecular weight is 370 g/mol. The third-order valence-corrected chi connectivity index (χ3v) is 4.01. The monoisotopic (exact) mass is 370 g/mol. The number of hydrogen-bond acceptors (Lipinski definition) is 5. The first-order valence-corrected chi connectivity index (χ1v) is 8.52. The summed E-state index contributed by atoms with van der Waals surface area (Å²) in [6.45, 7) is 3.94. The Balaban J connectivity index is 2.17. The number of nitro groups is 1. The highest BCUT2D eigenvalue weighted by Crippen LogP contribution is 2.23. The van der Waals surface area contributed by atoms with Crippen LogP contribution >= 0.6 is 0 Å². The third kappa shape index (κ3) is 5.04. The Bertz CT molecular complexity index is 867. The molecular weight excluding hydrogens is 348 g/mol. The molecule has 0 spiro atoms. The van der Waals surface area contributed by atoms with Crippen molar-refractivity contribution in [2.45, 2.75) is 20.3 Å². The molecule has 3 N–H and O–H groups in total. The summed E-state index contributed by atoms with van der Waals surface area (Å²) in [4.78, 5) is 36.9. The molecule has 2 aromatic rings. The Hall–Kier alpha value is -3.42. The normalized spacial score (nSPS) is 10.3. The van der Waals surface area contributed by atoms with Crippen LogP contribution in [0.25, 0.3) is 0 Å². The lowest BCUT2D eigenvalue weighted by Gasteiger charge is -2.22. The number of nitrogens with zero attached hydrogens (tertiary/aromatic N) is 2. The lowest BCUT2D eigenvalue weighted by atomic mass is 10.1. The minimum absolute atomic E-state index is 0.0177. The van der Waals surface area contributed by atoms with E-state index in [0.717, 1.165) is 11.6 Å². The molecule has 0 aromatic heterocycles. The first-order chi connectivity index (χ1) is 12.8. The van der Waals surface area contributed by atoms with Gasteiger partial charge in [-0.3, -0.25) is 19.7 Å². The number of carbonyl (C=O) groups excluding carboxylic acids is 2. The molecule has 8 nitrogen and oxygen atoms in total. The molecule has 27 heavy (non-hydrogen) atoms. The topological polar surface area (TPSA) is 119 Å². The van der Waals surface area contributed by atoms with Gasteiger partial charge in [-0.15, -0.1) is 0 Å². The fourth-order valence-corrected chi connectivity index (χ4v) is 2.62. The van der Waals surface area contributed by atoms with Gasteiger partial charge in [0, 0.05) is 23.9 Å². The van der Waals surface area contributed by atoms with Crippen LogP contribution < -0.4 is 11.1 Å². The number of nitrogens with two attached hydrogens (primary N) is 1. The maximum atomic E-state index is 12.8. The van der Waals surface area contributed by atoms with Crippen molar-refractivity contribution in [2.24, 2.45) is 0 Å². The molecule has 0 unspecified atom stereocenters. The van der Waals surface area contributed by atoms with Gasteiger partial charge in [-0.05, 0) is 37.1 Å². The molecule has 0 bridgehead atoms. The van der Waals surface area contributed by atoms with Gasteiger partial charge in [-0.2, -0.15) is 0 Å². The highest BCUT2D eigenvalue weighted by Gasteiger charge is 2.22. The van der Waals surface area contributed by atoms with Crippen LogP contribution in [-0.4, -0.2) is 34.7 Å². The first kappa shape index (κ1) is 19.9. The van der Waals surface area contributed by atoms with Gasteiger partial charge in [-0.25, -0.2) is 0 Å². The third-order valence-electron chi connectivity index (χ3n) is 4.01. The Morgan fingerprint density at radius 1 is 1.22 bits per heavy atom. The van der Waals surface area contributed by atoms with E-state index in [1.54, 1.807) is 6.07 Å². The van der Waals surface area contributed by atoms with Crippen molar-refractivity contribution in [3.63, 3.8) is 0 Å². The molecule has 0 saturated heterocycles. The minimum atomic E-state index is -0.638. The number of benzene rings is 2. The van der Waals surface area contributed by atoms with Crippen molar-refractivity contribution in [2.75, 3.05) is 24.1 Å². The number of nitrogens with one attached hydrogen (secondary N) is 1. The van der Waals surface area contributed by atoms with E-state index in [9.17, 15) is 19.7 Å². The summed E-state index contributed by atoms with van der Waals surface area (Å²) in [5.41, 5.74) is 6.93. The molecular formula is C19H22N4O4. The van der Waals surface area contributed by atoms with Crippen LogP contribution in [0.1, 0.15) is 29.3 Å². The second kappa shape index (κ2) is 8.79. The number of rotatable bonds is 7. The van der Waals surface area contributed by atoms with E-state index in [4.69, 9.17) is 5.73 Å². The Morgan fingerprint density at radius 3 is 2.56 bits per heavy atom. The van der Waals surface area contributed by atoms with Gasteiger partial charge < -0.3 is 16.0 Å². The average Bonchev–Trinajstić information content (AvgIpc) is 2.63. The number of anilines is 2. The van der Waals surface area contributed by atoms with Gasteiger partial charge in [-0.1, -0.05) is 25.1 Å². The first-order valence-electron chi connectivity index (χ1n) is 8.52. The quantitative estimate of drug-likeness (QED) is 0.441. The Kier molecular flexibility index (Phi) is 6.48. The highest BCUT2D eigenvalue weighted by atomic mass is 16.6. The molecule has 0 saturated carbocycles. The van der Waals surface area contributed by atoms with E-state index in [-0.39, 0.29) is 29.4 Å². The number of carbonyl (C=O) groups is 2. The standard InChI is InChI=1S/C19H22N4O4/c1-3-10-22(12-18(24)21-16-7-5-4-6-13(16)2)19(25)14-8-9-15(20)17(11-14)23(26)27/h4-9,11H,3,10,12,20H2,1-2H3,(H,21,24). The maximum absolute atomic E-state index is 12.8. The second-order valence-electron chi connectivity index (χ2n) is 6.12. The minimum Gasteiger partial charge on any atom is -0.393 e. The van der Waals surface area contributed by atoms with Crippen molar-refractivity contribution in [1.29, 1.82) is 0 Å². The second-order valence-corrected chi connectivity index (χ2v) is 6.12. The van der Waals surface area contributed by atoms with E-state index < -0.39 is 10.8 Å². The number of amides is 2. The summed E-state index contributed by atoms with van der Waals surface area (Å²) in [5.74, 6) is -0.795. The predicted octanol–water partition coefficient (Wildman–Crippen LogP) is 2.98. The van der Waals surface area contributed by atoms with E-state index in [1.165, 1.54) is 17.0 Å². The maximum Gasteiger partial charge on any atom is 0.292 e. The van der Waals surface area contributed by atoms with E-state index >= 15 is 0 Å². The van der Waals surface area contributed by atoms with Crippen LogP contribution in [0.5, 0.6) is 0 Å². The number of nitro benzene ring substituents is 1. The summed E-state index contributed by atoms with van der Waals surface area (Å²) in [6, 6.07) is 11.2. The van der Waals surface area contributed by atoms with Crippen molar-refractivity contribution < 1.29 is 14.5 Å². The van der Waals surface area contributed by atoms with Crippen molar-refractivity contribution in [3.8, 4) is 0 Å². The molecule has 142 valence electrons. The van der Waals surface area contributed by atoms with Gasteiger partial charge in [0.1, 0.15) is 12.2 Å². The predicted molar refractivity (Wildman–Crippen MR) is 104 cm³/mol. The van der Waals surface area contributed by atoms with Gasteiger partial charge >= 0.3 is 0 Å². The summed E-state index contributed by atoms with van der Waals surface area (Å²) in [7, 11) is 0. The largest absolute Gasteiger partial charge is 0.393 e. The van der Waals surface area contributed by atoms with Crippen molar-refractivity contribution >= 4 is 28.9 Å². The number of hydrogen-bond donors (Lipinski definition) is 2. The molecule has 0 atom stereocenters. The van der Waals surface area contributed by atoms with Gasteiger partial charge in [0.2, 0.25) is 5.91 Å². The summed E-state index contributed by atoms with van der Waals surface area (Å²) in [6.07, 6.45) is 0.639. The van der Waals surface area contributed by atoms with Crippen LogP contribution in [0.3, 0.4) is 0 Å². The van der Waals surface area contributed by atoms with Gasteiger partial charge in [0.05, 0.1) is 4.92 Å². The molecule has 2 rings (SSSR count). The molecule has 0 heterocycles. The van der Waals surface area contributed by atoms with Crippen LogP contribution in [0.4, 0.5) is 17.1 Å². The Morgan fingerprint density at radius 2 is 1.93 bits per heavy atom. The van der Waals surface area contributed by atoms with Crippen LogP contribution in [0.2, 0.25) is 0 Å². The van der Waals surface area contributed by atoms with Crippen LogP contribution in [0.15, 0.2) is 42.5 Å². The number of nitrogen functional groups attached to an aromatic ring is 1. The summed E-state index contributed by atoms with van der Waals surface area (Å²) in [5, 5.41) is 13.8. The molecule has 0 fully saturated rings. The summed E-state index contributed by atoms with van der Waals surface area (Å²) < 4.78 is 0. The lowest BCUT2D eigenvalue weighted by molar-refractivity contribution is -0.383. The Labute approximate surface area is 157 Å². The smallest absolute Gasteiger partial charge is 0.292 e. The molecule has 2 aromatic carbocycles. The van der Waals surface area contributed by atoms with E-state index in [1.807, 2.05) is 32.0 Å². The number of aryl methyl sites for hydroxylation is 1. The zero-order chi connectivity index (χ0) is 20.0. The van der Waals surface area contributed by atoms with Crippen LogP contribution in [-0.2, 0) is 4.79 Å². The van der Waals surface area contributed by atoms with E-state index in [2.05, 4.69) is 5.32 Å². The molecule has 0 radical (unpaired) electrons. The SMILES string of the molecule is CCCN(CC(=O)Nc1ccccc1C)C(=O)c1ccc(N)c([N+](=O)[O-])c1.